The SMILES string of the molecule is O=C=NBN=C=O. The van der Waals surface area contributed by atoms with Crippen molar-refractivity contribution >= 4 is 19.7 Å². The summed E-state index contributed by atoms with van der Waals surface area (Å²) in [4.78, 5) is 24.2. The van der Waals surface area contributed by atoms with Gasteiger partial charge in [-0.3, -0.25) is 0 Å². The molecule has 0 aromatic rings. The van der Waals surface area contributed by atoms with Crippen LogP contribution < -0.4 is 0 Å². The molecule has 34 valence electrons. The lowest BCUT2D eigenvalue weighted by atomic mass is 10.2. The largest absolute Gasteiger partial charge is 0.422 e. The summed E-state index contributed by atoms with van der Waals surface area (Å²) in [5, 5.41) is 0. The monoisotopic (exact) mass is 96.0 g/mol. The summed E-state index contributed by atoms with van der Waals surface area (Å²) in [6, 6.07) is 0. The van der Waals surface area contributed by atoms with Gasteiger partial charge in [-0.25, -0.2) is 19.4 Å². The molecule has 5 heteroatoms. The lowest BCUT2D eigenvalue weighted by molar-refractivity contribution is 0.566. The van der Waals surface area contributed by atoms with Gasteiger partial charge < -0.3 is 0 Å². The quantitative estimate of drug-likeness (QED) is 0.249. The van der Waals surface area contributed by atoms with Crippen LogP contribution in [0.25, 0.3) is 0 Å². The normalized spacial score (nSPS) is 5.14. The fourth-order valence-corrected chi connectivity index (χ4v) is 0.0931. The van der Waals surface area contributed by atoms with Gasteiger partial charge >= 0.3 is 7.55 Å². The average Bonchev–Trinajstić information content (AvgIpc) is 1.69. The number of isocyanates is 2. The van der Waals surface area contributed by atoms with Gasteiger partial charge in [-0.05, 0) is 0 Å². The Hall–Kier alpha value is -1.18. The van der Waals surface area contributed by atoms with Gasteiger partial charge in [0.15, 0.2) is 0 Å². The Bertz CT molecular complexity index is 117. The van der Waals surface area contributed by atoms with E-state index < -0.39 is 0 Å². The summed E-state index contributed by atoms with van der Waals surface area (Å²) in [6.45, 7) is 0. The number of rotatable bonds is 2. The Kier molecular flexibility index (Phi) is 4.01. The number of hydrogen-bond acceptors (Lipinski definition) is 4. The standard InChI is InChI=1S/C2HBN2O2/c6-1-4-3-5-2-7/h3H. The van der Waals surface area contributed by atoms with Gasteiger partial charge in [-0.15, -0.1) is 0 Å². The molecule has 0 aliphatic heterocycles. The first kappa shape index (κ1) is 5.82. The van der Waals surface area contributed by atoms with Crippen molar-refractivity contribution in [1.82, 2.24) is 0 Å². The molecule has 0 atom stereocenters. The summed E-state index contributed by atoms with van der Waals surface area (Å²) < 4.78 is 0. The van der Waals surface area contributed by atoms with Crippen LogP contribution in [0.2, 0.25) is 0 Å². The molecule has 0 spiro atoms. The van der Waals surface area contributed by atoms with Crippen LogP contribution in [-0.2, 0) is 9.59 Å². The van der Waals surface area contributed by atoms with E-state index in [1.54, 1.807) is 0 Å². The second kappa shape index (κ2) is 4.82. The van der Waals surface area contributed by atoms with E-state index in [2.05, 4.69) is 9.81 Å². The Labute approximate surface area is 40.3 Å². The number of carbonyl (C=O) groups excluding carboxylic acids is 2. The van der Waals surface area contributed by atoms with Crippen molar-refractivity contribution in [2.24, 2.45) is 9.81 Å². The zero-order chi connectivity index (χ0) is 5.54. The summed E-state index contributed by atoms with van der Waals surface area (Å²) in [5.41, 5.74) is 0. The first-order chi connectivity index (χ1) is 3.41. The summed E-state index contributed by atoms with van der Waals surface area (Å²) in [7, 11) is -0.160. The van der Waals surface area contributed by atoms with Crippen molar-refractivity contribution < 1.29 is 9.59 Å². The van der Waals surface area contributed by atoms with E-state index in [1.807, 2.05) is 0 Å². The molecule has 0 radical (unpaired) electrons. The van der Waals surface area contributed by atoms with Crippen molar-refractivity contribution in [2.45, 2.75) is 0 Å². The minimum atomic E-state index is -0.160. The maximum absolute atomic E-state index is 9.20. The van der Waals surface area contributed by atoms with Crippen LogP contribution in [0.5, 0.6) is 0 Å². The van der Waals surface area contributed by atoms with E-state index >= 15 is 0 Å². The van der Waals surface area contributed by atoms with Gasteiger partial charge in [0.1, 0.15) is 0 Å². The zero-order valence-corrected chi connectivity index (χ0v) is 3.42. The Morgan fingerprint density at radius 2 is 1.57 bits per heavy atom. The van der Waals surface area contributed by atoms with Gasteiger partial charge in [-0.1, -0.05) is 0 Å². The molecule has 0 aromatic carbocycles. The predicted molar refractivity (Wildman–Crippen MR) is 23.4 cm³/mol. The molecule has 0 heterocycles. The van der Waals surface area contributed by atoms with Crippen molar-refractivity contribution in [3.8, 4) is 0 Å². The highest BCUT2D eigenvalue weighted by atomic mass is 16.1. The summed E-state index contributed by atoms with van der Waals surface area (Å²) >= 11 is 0. The summed E-state index contributed by atoms with van der Waals surface area (Å²) in [5.74, 6) is 0. The first-order valence-electron chi connectivity index (χ1n) is 1.49. The first-order valence-corrected chi connectivity index (χ1v) is 1.49. The highest BCUT2D eigenvalue weighted by molar-refractivity contribution is 6.33. The average molecular weight is 95.9 g/mol. The Morgan fingerprint density at radius 3 is 1.86 bits per heavy atom. The van der Waals surface area contributed by atoms with Gasteiger partial charge in [0.25, 0.3) is 0 Å². The van der Waals surface area contributed by atoms with Gasteiger partial charge in [-0.2, -0.15) is 0 Å². The molecule has 0 aliphatic rings. The van der Waals surface area contributed by atoms with E-state index in [9.17, 15) is 9.59 Å². The van der Waals surface area contributed by atoms with Crippen LogP contribution >= 0.6 is 0 Å². The van der Waals surface area contributed by atoms with Crippen LogP contribution in [0.4, 0.5) is 0 Å². The molecule has 0 aromatic heterocycles. The second-order valence-corrected chi connectivity index (χ2v) is 0.640. The van der Waals surface area contributed by atoms with Gasteiger partial charge in [0, 0.05) is 0 Å². The van der Waals surface area contributed by atoms with Gasteiger partial charge in [0.2, 0.25) is 12.2 Å². The molecule has 0 bridgehead atoms. The molecular weight excluding hydrogens is 94.8 g/mol. The molecule has 0 N–H and O–H groups in total. The highest BCUT2D eigenvalue weighted by Crippen LogP contribution is 1.55. The minimum Gasteiger partial charge on any atom is -0.239 e. The maximum atomic E-state index is 9.20. The molecule has 0 saturated heterocycles. The van der Waals surface area contributed by atoms with Crippen LogP contribution in [0.15, 0.2) is 9.81 Å². The maximum Gasteiger partial charge on any atom is 0.422 e. The van der Waals surface area contributed by atoms with Crippen molar-refractivity contribution in [2.75, 3.05) is 0 Å². The van der Waals surface area contributed by atoms with E-state index in [4.69, 9.17) is 0 Å². The number of nitrogens with zero attached hydrogens (tertiary/aromatic N) is 2. The Balaban J connectivity index is 3.33. The molecule has 0 rings (SSSR count). The molecule has 0 amide bonds. The van der Waals surface area contributed by atoms with Crippen LogP contribution in [0, 0.1) is 0 Å². The molecule has 0 aliphatic carbocycles. The van der Waals surface area contributed by atoms with Crippen LogP contribution in [0.1, 0.15) is 0 Å². The van der Waals surface area contributed by atoms with E-state index in [-0.39, 0.29) is 7.55 Å². The van der Waals surface area contributed by atoms with Crippen molar-refractivity contribution in [3.05, 3.63) is 0 Å². The van der Waals surface area contributed by atoms with Crippen molar-refractivity contribution in [3.63, 3.8) is 0 Å². The van der Waals surface area contributed by atoms with E-state index in [0.29, 0.717) is 0 Å². The molecule has 0 saturated carbocycles. The molecule has 7 heavy (non-hydrogen) atoms. The van der Waals surface area contributed by atoms with E-state index in [0.717, 1.165) is 0 Å². The predicted octanol–water partition coefficient (Wildman–Crippen LogP) is -1.08. The third-order valence-corrected chi connectivity index (χ3v) is 0.271. The second-order valence-electron chi connectivity index (χ2n) is 0.640. The molecule has 4 nitrogen and oxygen atoms in total. The molecular formula is C2HBN2O2. The lowest BCUT2D eigenvalue weighted by Gasteiger charge is -1.58. The smallest absolute Gasteiger partial charge is 0.239 e. The molecule has 0 unspecified atom stereocenters. The van der Waals surface area contributed by atoms with Crippen LogP contribution in [-0.4, -0.2) is 19.7 Å². The lowest BCUT2D eigenvalue weighted by Crippen LogP contribution is -1.73. The Morgan fingerprint density at radius 1 is 1.14 bits per heavy atom. The third-order valence-electron chi connectivity index (χ3n) is 0.271. The number of hydrogen-bond donors (Lipinski definition) is 0. The zero-order valence-electron chi connectivity index (χ0n) is 3.42. The van der Waals surface area contributed by atoms with Gasteiger partial charge in [0.05, 0.1) is 0 Å². The minimum absolute atomic E-state index is 0.160. The highest BCUT2D eigenvalue weighted by Gasteiger charge is 1.72. The molecule has 0 fully saturated rings. The van der Waals surface area contributed by atoms with E-state index in [1.165, 1.54) is 12.2 Å². The third kappa shape index (κ3) is 4.82. The van der Waals surface area contributed by atoms with Crippen molar-refractivity contribution in [1.29, 1.82) is 0 Å². The summed E-state index contributed by atoms with van der Waals surface area (Å²) in [6.07, 6.45) is 2.41. The van der Waals surface area contributed by atoms with Crippen LogP contribution in [0.3, 0.4) is 0 Å². The topological polar surface area (TPSA) is 58.9 Å². The fraction of sp³-hybridized carbons (Fsp3) is 0. The fourth-order valence-electron chi connectivity index (χ4n) is 0.0931.